The van der Waals surface area contributed by atoms with Crippen molar-refractivity contribution in [2.75, 3.05) is 14.2 Å². The third kappa shape index (κ3) is 2.98. The minimum Gasteiger partial charge on any atom is -0.495 e. The number of ether oxygens (including phenoxy) is 2. The quantitative estimate of drug-likeness (QED) is 0.441. The maximum atomic E-state index is 8.96. The number of rotatable bonds is 4. The van der Waals surface area contributed by atoms with Crippen LogP contribution in [0.3, 0.4) is 0 Å². The summed E-state index contributed by atoms with van der Waals surface area (Å²) in [6.45, 7) is 0. The summed E-state index contributed by atoms with van der Waals surface area (Å²) in [5.74, 6) is 0.608. The van der Waals surface area contributed by atoms with Gasteiger partial charge in [0.1, 0.15) is 33.4 Å². The number of hydrogen-bond donors (Lipinski definition) is 3. The number of benzene rings is 1. The van der Waals surface area contributed by atoms with Crippen LogP contribution in [0, 0.1) is 16.7 Å². The monoisotopic (exact) mass is 324 g/mol. The first-order valence-corrected chi connectivity index (χ1v) is 5.91. The van der Waals surface area contributed by atoms with Gasteiger partial charge in [0, 0.05) is 5.56 Å². The molecule has 0 aromatic heterocycles. The lowest BCUT2D eigenvalue weighted by molar-refractivity contribution is 0.389. The molecule has 5 N–H and O–H groups in total. The minimum absolute atomic E-state index is 0.0913. The standard InChI is InChI=1S/C12H13BrN4O2/c1-18-8-3-6(4-9(19-2)10(8)13)11(15)7(5-14)12(16)17/h3-4H,15H2,1-2H3,(H3,16,17). The molecule has 100 valence electrons. The Balaban J connectivity index is 3.52. The minimum atomic E-state index is -0.388. The molecule has 0 aliphatic heterocycles. The topological polar surface area (TPSA) is 118 Å². The van der Waals surface area contributed by atoms with Crippen molar-refractivity contribution in [3.8, 4) is 17.6 Å². The van der Waals surface area contributed by atoms with E-state index in [2.05, 4.69) is 15.9 Å². The van der Waals surface area contributed by atoms with E-state index in [4.69, 9.17) is 31.6 Å². The zero-order chi connectivity index (χ0) is 14.6. The van der Waals surface area contributed by atoms with Crippen molar-refractivity contribution in [3.05, 3.63) is 27.7 Å². The zero-order valence-corrected chi connectivity index (χ0v) is 12.0. The molecular formula is C12H13BrN4O2. The molecule has 0 saturated carbocycles. The first-order valence-electron chi connectivity index (χ1n) is 5.12. The Morgan fingerprint density at radius 1 is 1.26 bits per heavy atom. The summed E-state index contributed by atoms with van der Waals surface area (Å²) in [6.07, 6.45) is 0. The maximum absolute atomic E-state index is 8.96. The van der Waals surface area contributed by atoms with Crippen LogP contribution in [0.2, 0.25) is 0 Å². The molecular weight excluding hydrogens is 312 g/mol. The maximum Gasteiger partial charge on any atom is 0.137 e. The molecule has 0 heterocycles. The Morgan fingerprint density at radius 3 is 2.05 bits per heavy atom. The molecule has 0 unspecified atom stereocenters. The van der Waals surface area contributed by atoms with Crippen LogP contribution in [0.1, 0.15) is 5.56 Å². The van der Waals surface area contributed by atoms with Crippen LogP contribution in [0.5, 0.6) is 11.5 Å². The van der Waals surface area contributed by atoms with Crippen molar-refractivity contribution >= 4 is 27.5 Å². The van der Waals surface area contributed by atoms with Crippen molar-refractivity contribution in [1.82, 2.24) is 0 Å². The molecule has 0 amide bonds. The van der Waals surface area contributed by atoms with E-state index < -0.39 is 0 Å². The molecule has 1 aromatic carbocycles. The van der Waals surface area contributed by atoms with Gasteiger partial charge in [-0.1, -0.05) is 0 Å². The second-order valence-electron chi connectivity index (χ2n) is 3.51. The van der Waals surface area contributed by atoms with Gasteiger partial charge >= 0.3 is 0 Å². The van der Waals surface area contributed by atoms with E-state index >= 15 is 0 Å². The predicted octanol–water partition coefficient (Wildman–Crippen LogP) is 1.60. The lowest BCUT2D eigenvalue weighted by atomic mass is 10.1. The van der Waals surface area contributed by atoms with Gasteiger partial charge in [-0.15, -0.1) is 0 Å². The fraction of sp³-hybridized carbons (Fsp3) is 0.167. The molecule has 0 bridgehead atoms. The first kappa shape index (κ1) is 14.9. The zero-order valence-electron chi connectivity index (χ0n) is 10.5. The fourth-order valence-corrected chi connectivity index (χ4v) is 1.99. The van der Waals surface area contributed by atoms with E-state index in [0.29, 0.717) is 21.5 Å². The molecule has 0 spiro atoms. The molecule has 1 rings (SSSR count). The van der Waals surface area contributed by atoms with Gasteiger partial charge in [-0.05, 0) is 28.1 Å². The highest BCUT2D eigenvalue weighted by Crippen LogP contribution is 2.37. The molecule has 6 nitrogen and oxygen atoms in total. The van der Waals surface area contributed by atoms with Crippen LogP contribution in [-0.4, -0.2) is 20.1 Å². The number of nitrogens with one attached hydrogen (secondary N) is 1. The normalized spacial score (nSPS) is 11.3. The van der Waals surface area contributed by atoms with E-state index in [1.54, 1.807) is 18.2 Å². The molecule has 0 saturated heterocycles. The molecule has 1 aromatic rings. The second kappa shape index (κ2) is 6.11. The SMILES string of the molecule is COc1cc(C(N)=C(C#N)C(=N)N)cc(OC)c1Br. The first-order chi connectivity index (χ1) is 8.96. The highest BCUT2D eigenvalue weighted by molar-refractivity contribution is 9.10. The number of amidine groups is 1. The van der Waals surface area contributed by atoms with Crippen molar-refractivity contribution in [1.29, 1.82) is 10.7 Å². The third-order valence-corrected chi connectivity index (χ3v) is 3.19. The van der Waals surface area contributed by atoms with Crippen LogP contribution < -0.4 is 20.9 Å². The summed E-state index contributed by atoms with van der Waals surface area (Å²) in [5.41, 5.74) is 11.7. The molecule has 0 atom stereocenters. The van der Waals surface area contributed by atoms with Crippen molar-refractivity contribution in [2.45, 2.75) is 0 Å². The number of nitriles is 1. The molecule has 7 heteroatoms. The highest BCUT2D eigenvalue weighted by Gasteiger charge is 2.14. The van der Waals surface area contributed by atoms with Crippen LogP contribution in [0.25, 0.3) is 5.70 Å². The van der Waals surface area contributed by atoms with E-state index in [-0.39, 0.29) is 17.1 Å². The molecule has 0 aliphatic carbocycles. The summed E-state index contributed by atoms with van der Waals surface area (Å²) in [4.78, 5) is 0. The van der Waals surface area contributed by atoms with Crippen molar-refractivity contribution < 1.29 is 9.47 Å². The Kier molecular flexibility index (Phi) is 4.78. The predicted molar refractivity (Wildman–Crippen MR) is 75.9 cm³/mol. The Bertz CT molecular complexity index is 565. The van der Waals surface area contributed by atoms with Gasteiger partial charge in [0.15, 0.2) is 0 Å². The van der Waals surface area contributed by atoms with Gasteiger partial charge in [-0.25, -0.2) is 0 Å². The lowest BCUT2D eigenvalue weighted by Gasteiger charge is -2.12. The van der Waals surface area contributed by atoms with Crippen LogP contribution in [0.15, 0.2) is 22.2 Å². The smallest absolute Gasteiger partial charge is 0.137 e. The van der Waals surface area contributed by atoms with E-state index in [0.717, 1.165) is 0 Å². The average Bonchev–Trinajstić information content (AvgIpc) is 2.39. The van der Waals surface area contributed by atoms with Gasteiger partial charge in [-0.3, -0.25) is 5.41 Å². The number of halogens is 1. The van der Waals surface area contributed by atoms with Gasteiger partial charge in [0.2, 0.25) is 0 Å². The summed E-state index contributed by atoms with van der Waals surface area (Å²) < 4.78 is 11.0. The fourth-order valence-electron chi connectivity index (χ4n) is 1.43. The molecule has 19 heavy (non-hydrogen) atoms. The molecule has 0 aliphatic rings. The van der Waals surface area contributed by atoms with Crippen LogP contribution >= 0.6 is 15.9 Å². The average molecular weight is 325 g/mol. The summed E-state index contributed by atoms with van der Waals surface area (Å²) in [5, 5.41) is 16.3. The van der Waals surface area contributed by atoms with Gasteiger partial charge < -0.3 is 20.9 Å². The highest BCUT2D eigenvalue weighted by atomic mass is 79.9. The van der Waals surface area contributed by atoms with E-state index in [9.17, 15) is 0 Å². The Hall–Kier alpha value is -2.20. The summed E-state index contributed by atoms with van der Waals surface area (Å²) in [7, 11) is 3.00. The second-order valence-corrected chi connectivity index (χ2v) is 4.30. The molecule has 0 radical (unpaired) electrons. The Labute approximate surface area is 119 Å². The van der Waals surface area contributed by atoms with Crippen LogP contribution in [0.4, 0.5) is 0 Å². The van der Waals surface area contributed by atoms with Gasteiger partial charge in [0.05, 0.1) is 19.9 Å². The third-order valence-electron chi connectivity index (χ3n) is 2.41. The Morgan fingerprint density at radius 2 is 1.74 bits per heavy atom. The lowest BCUT2D eigenvalue weighted by Crippen LogP contribution is -2.16. The van der Waals surface area contributed by atoms with Crippen LogP contribution in [-0.2, 0) is 0 Å². The molecule has 0 fully saturated rings. The largest absolute Gasteiger partial charge is 0.495 e. The summed E-state index contributed by atoms with van der Waals surface area (Å²) in [6, 6.07) is 5.06. The number of hydrogen-bond acceptors (Lipinski definition) is 5. The number of methoxy groups -OCH3 is 2. The van der Waals surface area contributed by atoms with E-state index in [1.165, 1.54) is 14.2 Å². The number of nitrogens with zero attached hydrogens (tertiary/aromatic N) is 1. The van der Waals surface area contributed by atoms with Gasteiger partial charge in [-0.2, -0.15) is 5.26 Å². The van der Waals surface area contributed by atoms with E-state index in [1.807, 2.05) is 0 Å². The van der Waals surface area contributed by atoms with Gasteiger partial charge in [0.25, 0.3) is 0 Å². The van der Waals surface area contributed by atoms with Crippen molar-refractivity contribution in [2.24, 2.45) is 11.5 Å². The number of nitrogens with two attached hydrogens (primary N) is 2. The van der Waals surface area contributed by atoms with Crippen molar-refractivity contribution in [3.63, 3.8) is 0 Å². The summed E-state index contributed by atoms with van der Waals surface area (Å²) >= 11 is 3.33.